The highest BCUT2D eigenvalue weighted by molar-refractivity contribution is 5.96. The third-order valence-electron chi connectivity index (χ3n) is 4.26. The molecule has 0 saturated carbocycles. The van der Waals surface area contributed by atoms with E-state index in [0.717, 1.165) is 0 Å². The fraction of sp³-hybridized carbons (Fsp3) is 0.364. The monoisotopic (exact) mass is 352 g/mol. The molecule has 0 aliphatic rings. The van der Waals surface area contributed by atoms with Crippen molar-refractivity contribution in [2.45, 2.75) is 39.7 Å². The minimum Gasteiger partial charge on any atom is -0.325 e. The van der Waals surface area contributed by atoms with Gasteiger partial charge in [0.05, 0.1) is 6.54 Å². The summed E-state index contributed by atoms with van der Waals surface area (Å²) in [5, 5.41) is 2.86. The number of hydrogen-bond acceptors (Lipinski definition) is 3. The third-order valence-corrected chi connectivity index (χ3v) is 4.26. The molecular formula is C22H28N2O2. The second-order valence-electron chi connectivity index (χ2n) is 7.80. The molecule has 138 valence electrons. The Bertz CT molecular complexity index is 756. The first-order chi connectivity index (χ1) is 12.1. The molecule has 2 aromatic carbocycles. The third kappa shape index (κ3) is 5.81. The number of amides is 1. The van der Waals surface area contributed by atoms with Crippen LogP contribution in [0.25, 0.3) is 0 Å². The van der Waals surface area contributed by atoms with Crippen LogP contribution < -0.4 is 5.32 Å². The summed E-state index contributed by atoms with van der Waals surface area (Å²) in [6, 6.07) is 15.5. The lowest BCUT2D eigenvalue weighted by molar-refractivity contribution is -0.117. The van der Waals surface area contributed by atoms with Gasteiger partial charge in [-0.1, -0.05) is 45.0 Å². The smallest absolute Gasteiger partial charge is 0.238 e. The number of nitrogens with zero attached hydrogens (tertiary/aromatic N) is 1. The van der Waals surface area contributed by atoms with Crippen molar-refractivity contribution in [3.05, 3.63) is 65.2 Å². The molecule has 26 heavy (non-hydrogen) atoms. The van der Waals surface area contributed by atoms with Gasteiger partial charge in [0.25, 0.3) is 0 Å². The van der Waals surface area contributed by atoms with Gasteiger partial charge in [0, 0.05) is 17.8 Å². The van der Waals surface area contributed by atoms with Gasteiger partial charge in [0.15, 0.2) is 5.78 Å². The van der Waals surface area contributed by atoms with Crippen LogP contribution in [0.4, 0.5) is 5.69 Å². The average Bonchev–Trinajstić information content (AvgIpc) is 2.54. The normalized spacial score (nSPS) is 11.5. The second-order valence-corrected chi connectivity index (χ2v) is 7.80. The van der Waals surface area contributed by atoms with E-state index in [1.54, 1.807) is 24.3 Å². The highest BCUT2D eigenvalue weighted by atomic mass is 16.2. The Morgan fingerprint density at radius 1 is 0.962 bits per heavy atom. The van der Waals surface area contributed by atoms with Crippen LogP contribution in [0.1, 0.15) is 49.2 Å². The van der Waals surface area contributed by atoms with E-state index in [0.29, 0.717) is 24.3 Å². The Morgan fingerprint density at radius 3 is 2.04 bits per heavy atom. The fourth-order valence-electron chi connectivity index (χ4n) is 2.71. The number of ketones is 1. The quantitative estimate of drug-likeness (QED) is 0.791. The Morgan fingerprint density at radius 2 is 1.54 bits per heavy atom. The van der Waals surface area contributed by atoms with Gasteiger partial charge >= 0.3 is 0 Å². The molecule has 4 heteroatoms. The Balaban J connectivity index is 1.87. The maximum atomic E-state index is 12.2. The van der Waals surface area contributed by atoms with E-state index in [9.17, 15) is 9.59 Å². The Kier molecular flexibility index (Phi) is 6.32. The first-order valence-electron chi connectivity index (χ1n) is 8.84. The number of likely N-dealkylation sites (N-methyl/N-ethyl adjacent to an activating group) is 1. The highest BCUT2D eigenvalue weighted by Crippen LogP contribution is 2.22. The van der Waals surface area contributed by atoms with Crippen LogP contribution in [0.2, 0.25) is 0 Å². The SMILES string of the molecule is CC(=O)c1ccc(NC(=O)CN(C)Cc2ccc(C(C)(C)C)cc2)cc1. The summed E-state index contributed by atoms with van der Waals surface area (Å²) in [6.07, 6.45) is 0. The van der Waals surface area contributed by atoms with E-state index < -0.39 is 0 Å². The van der Waals surface area contributed by atoms with E-state index in [4.69, 9.17) is 0 Å². The van der Waals surface area contributed by atoms with Crippen molar-refractivity contribution < 1.29 is 9.59 Å². The minimum atomic E-state index is -0.0746. The number of carbonyl (C=O) groups excluding carboxylic acids is 2. The van der Waals surface area contributed by atoms with Crippen LogP contribution in [0.3, 0.4) is 0 Å². The summed E-state index contributed by atoms with van der Waals surface area (Å²) < 4.78 is 0. The molecule has 2 aromatic rings. The van der Waals surface area contributed by atoms with E-state index in [2.05, 4.69) is 50.4 Å². The van der Waals surface area contributed by atoms with Crippen molar-refractivity contribution in [1.82, 2.24) is 4.90 Å². The number of anilines is 1. The van der Waals surface area contributed by atoms with Crippen LogP contribution in [0.15, 0.2) is 48.5 Å². The lowest BCUT2D eigenvalue weighted by atomic mass is 9.87. The molecule has 0 aromatic heterocycles. The van der Waals surface area contributed by atoms with Crippen LogP contribution in [0.5, 0.6) is 0 Å². The molecule has 1 amide bonds. The van der Waals surface area contributed by atoms with Crippen LogP contribution >= 0.6 is 0 Å². The van der Waals surface area contributed by atoms with Gasteiger partial charge in [-0.15, -0.1) is 0 Å². The molecule has 2 rings (SSSR count). The lowest BCUT2D eigenvalue weighted by Gasteiger charge is -2.20. The number of carbonyl (C=O) groups is 2. The molecule has 0 heterocycles. The largest absolute Gasteiger partial charge is 0.325 e. The predicted octanol–water partition coefficient (Wildman–Crippen LogP) is 4.26. The maximum absolute atomic E-state index is 12.2. The van der Waals surface area contributed by atoms with Gasteiger partial charge in [-0.25, -0.2) is 0 Å². The molecule has 1 N–H and O–H groups in total. The number of hydrogen-bond donors (Lipinski definition) is 1. The van der Waals surface area contributed by atoms with Gasteiger partial charge in [-0.2, -0.15) is 0 Å². The maximum Gasteiger partial charge on any atom is 0.238 e. The molecule has 0 radical (unpaired) electrons. The Labute approximate surface area is 156 Å². The van der Waals surface area contributed by atoms with Crippen molar-refractivity contribution in [2.24, 2.45) is 0 Å². The minimum absolute atomic E-state index is 0.0140. The average molecular weight is 352 g/mol. The van der Waals surface area contributed by atoms with Gasteiger partial charge in [0.1, 0.15) is 0 Å². The summed E-state index contributed by atoms with van der Waals surface area (Å²) in [5.41, 5.74) is 3.96. The van der Waals surface area contributed by atoms with Crippen LogP contribution in [-0.2, 0) is 16.8 Å². The van der Waals surface area contributed by atoms with Crippen molar-refractivity contribution in [3.8, 4) is 0 Å². The molecule has 0 saturated heterocycles. The number of Topliss-reactive ketones (excluding diaryl/α,β-unsaturated/α-hetero) is 1. The van der Waals surface area contributed by atoms with Crippen molar-refractivity contribution >= 4 is 17.4 Å². The standard InChI is InChI=1S/C22H28N2O2/c1-16(25)18-8-12-20(13-9-18)23-21(26)15-24(5)14-17-6-10-19(11-7-17)22(2,3)4/h6-13H,14-15H2,1-5H3,(H,23,26). The molecule has 0 aliphatic carbocycles. The molecule has 0 aliphatic heterocycles. The zero-order valence-corrected chi connectivity index (χ0v) is 16.3. The van der Waals surface area contributed by atoms with Crippen LogP contribution in [-0.4, -0.2) is 30.2 Å². The molecule has 0 unspecified atom stereocenters. The highest BCUT2D eigenvalue weighted by Gasteiger charge is 2.13. The summed E-state index contributed by atoms with van der Waals surface area (Å²) >= 11 is 0. The van der Waals surface area contributed by atoms with Crippen molar-refractivity contribution in [3.63, 3.8) is 0 Å². The topological polar surface area (TPSA) is 49.4 Å². The van der Waals surface area contributed by atoms with Gasteiger partial charge < -0.3 is 5.32 Å². The zero-order valence-electron chi connectivity index (χ0n) is 16.3. The zero-order chi connectivity index (χ0) is 19.3. The van der Waals surface area contributed by atoms with Crippen molar-refractivity contribution in [2.75, 3.05) is 18.9 Å². The summed E-state index contributed by atoms with van der Waals surface area (Å²) in [6.45, 7) is 9.12. The van der Waals surface area contributed by atoms with E-state index in [-0.39, 0.29) is 17.1 Å². The first kappa shape index (κ1) is 19.9. The van der Waals surface area contributed by atoms with Crippen LogP contribution in [0, 0.1) is 0 Å². The molecule has 0 spiro atoms. The summed E-state index contributed by atoms with van der Waals surface area (Å²) in [5.74, 6) is -0.0607. The molecule has 4 nitrogen and oxygen atoms in total. The molecule has 0 bridgehead atoms. The van der Waals surface area contributed by atoms with Crippen molar-refractivity contribution in [1.29, 1.82) is 0 Å². The summed E-state index contributed by atoms with van der Waals surface area (Å²) in [7, 11) is 1.93. The number of benzene rings is 2. The van der Waals surface area contributed by atoms with E-state index >= 15 is 0 Å². The summed E-state index contributed by atoms with van der Waals surface area (Å²) in [4.78, 5) is 25.5. The van der Waals surface area contributed by atoms with E-state index in [1.165, 1.54) is 18.1 Å². The molecular weight excluding hydrogens is 324 g/mol. The first-order valence-corrected chi connectivity index (χ1v) is 8.84. The number of nitrogens with one attached hydrogen (secondary N) is 1. The van der Waals surface area contributed by atoms with Gasteiger partial charge in [-0.3, -0.25) is 14.5 Å². The second kappa shape index (κ2) is 8.28. The lowest BCUT2D eigenvalue weighted by Crippen LogP contribution is -2.29. The van der Waals surface area contributed by atoms with E-state index in [1.807, 2.05) is 11.9 Å². The Hall–Kier alpha value is -2.46. The number of rotatable bonds is 6. The fourth-order valence-corrected chi connectivity index (χ4v) is 2.71. The molecule has 0 fully saturated rings. The predicted molar refractivity (Wildman–Crippen MR) is 107 cm³/mol. The van der Waals surface area contributed by atoms with Gasteiger partial charge in [-0.05, 0) is 54.8 Å². The van der Waals surface area contributed by atoms with Gasteiger partial charge in [0.2, 0.25) is 5.91 Å². The molecule has 0 atom stereocenters.